The average Bonchev–Trinajstić information content (AvgIpc) is 2.11. The van der Waals surface area contributed by atoms with Crippen LogP contribution < -0.4 is 0 Å². The Morgan fingerprint density at radius 1 is 1.08 bits per heavy atom. The van der Waals surface area contributed by atoms with Gasteiger partial charge in [0.25, 0.3) is 0 Å². The van der Waals surface area contributed by atoms with E-state index in [-0.39, 0.29) is 0 Å². The van der Waals surface area contributed by atoms with Gasteiger partial charge < -0.3 is 4.74 Å². The molecular weight excluding hydrogens is 160 g/mol. The highest BCUT2D eigenvalue weighted by atomic mass is 16.5. The predicted octanol–water partition coefficient (Wildman–Crippen LogP) is 3.01. The lowest BCUT2D eigenvalue weighted by Crippen LogP contribution is -1.96. The van der Waals surface area contributed by atoms with E-state index >= 15 is 0 Å². The van der Waals surface area contributed by atoms with Gasteiger partial charge in [0.05, 0.1) is 6.61 Å². The Balaban J connectivity index is 3.05. The van der Waals surface area contributed by atoms with E-state index in [2.05, 4.69) is 32.9 Å². The van der Waals surface area contributed by atoms with Crippen molar-refractivity contribution in [2.45, 2.75) is 33.8 Å². The van der Waals surface area contributed by atoms with E-state index in [0.29, 0.717) is 0 Å². The van der Waals surface area contributed by atoms with Crippen LogP contribution in [0.5, 0.6) is 0 Å². The molecule has 0 bridgehead atoms. The van der Waals surface area contributed by atoms with Gasteiger partial charge in [-0.15, -0.1) is 0 Å². The Labute approximate surface area is 80.7 Å². The molecule has 0 saturated heterocycles. The molecule has 1 aromatic rings. The smallest absolute Gasteiger partial charge is 0.0715 e. The minimum absolute atomic E-state index is 0.719. The fourth-order valence-electron chi connectivity index (χ4n) is 1.63. The second-order valence-electron chi connectivity index (χ2n) is 3.49. The number of rotatable bonds is 3. The van der Waals surface area contributed by atoms with Crippen LogP contribution in [0.15, 0.2) is 12.1 Å². The van der Waals surface area contributed by atoms with Crippen LogP contribution in [-0.2, 0) is 17.8 Å². The lowest BCUT2D eigenvalue weighted by Gasteiger charge is -2.10. The number of hydrogen-bond donors (Lipinski definition) is 0. The number of ether oxygens (including phenoxy) is 1. The topological polar surface area (TPSA) is 9.23 Å². The number of benzene rings is 1. The van der Waals surface area contributed by atoms with E-state index in [9.17, 15) is 0 Å². The minimum atomic E-state index is 0.719. The van der Waals surface area contributed by atoms with Crippen molar-refractivity contribution in [2.24, 2.45) is 0 Å². The fourth-order valence-corrected chi connectivity index (χ4v) is 1.63. The maximum absolute atomic E-state index is 5.14. The highest BCUT2D eigenvalue weighted by molar-refractivity contribution is 5.36. The van der Waals surface area contributed by atoms with Gasteiger partial charge >= 0.3 is 0 Å². The molecule has 0 aliphatic heterocycles. The molecule has 0 fully saturated rings. The largest absolute Gasteiger partial charge is 0.380 e. The van der Waals surface area contributed by atoms with Crippen molar-refractivity contribution in [1.29, 1.82) is 0 Å². The average molecular weight is 178 g/mol. The van der Waals surface area contributed by atoms with Gasteiger partial charge in [-0.2, -0.15) is 0 Å². The van der Waals surface area contributed by atoms with Crippen molar-refractivity contribution >= 4 is 0 Å². The normalized spacial score (nSPS) is 10.5. The molecule has 1 nitrogen and oxygen atoms in total. The van der Waals surface area contributed by atoms with Gasteiger partial charge in [0.2, 0.25) is 0 Å². The van der Waals surface area contributed by atoms with Crippen LogP contribution in [-0.4, -0.2) is 7.11 Å². The third-order valence-corrected chi connectivity index (χ3v) is 2.48. The van der Waals surface area contributed by atoms with Crippen LogP contribution in [0.1, 0.15) is 29.2 Å². The number of aryl methyl sites for hydroxylation is 3. The molecule has 0 radical (unpaired) electrons. The third-order valence-electron chi connectivity index (χ3n) is 2.48. The van der Waals surface area contributed by atoms with Gasteiger partial charge in [0, 0.05) is 7.11 Å². The van der Waals surface area contributed by atoms with E-state index in [1.54, 1.807) is 7.11 Å². The molecular formula is C12H18O. The van der Waals surface area contributed by atoms with Crippen LogP contribution in [0.25, 0.3) is 0 Å². The van der Waals surface area contributed by atoms with Crippen molar-refractivity contribution in [3.05, 3.63) is 34.4 Å². The Morgan fingerprint density at radius 3 is 2.15 bits per heavy atom. The molecule has 0 unspecified atom stereocenters. The Kier molecular flexibility index (Phi) is 3.49. The summed E-state index contributed by atoms with van der Waals surface area (Å²) in [6.07, 6.45) is 1.11. The predicted molar refractivity (Wildman–Crippen MR) is 56.0 cm³/mol. The van der Waals surface area contributed by atoms with Gasteiger partial charge in [-0.05, 0) is 42.5 Å². The van der Waals surface area contributed by atoms with Crippen LogP contribution >= 0.6 is 0 Å². The van der Waals surface area contributed by atoms with Crippen LogP contribution in [0.4, 0.5) is 0 Å². The maximum atomic E-state index is 5.14. The van der Waals surface area contributed by atoms with Crippen LogP contribution in [0, 0.1) is 13.8 Å². The van der Waals surface area contributed by atoms with Crippen molar-refractivity contribution in [3.8, 4) is 0 Å². The van der Waals surface area contributed by atoms with Crippen molar-refractivity contribution in [2.75, 3.05) is 7.11 Å². The Morgan fingerprint density at radius 2 is 1.62 bits per heavy atom. The molecule has 0 heterocycles. The van der Waals surface area contributed by atoms with E-state index in [0.717, 1.165) is 13.0 Å². The van der Waals surface area contributed by atoms with E-state index in [1.165, 1.54) is 22.3 Å². The summed E-state index contributed by atoms with van der Waals surface area (Å²) in [6, 6.07) is 4.50. The van der Waals surface area contributed by atoms with Gasteiger partial charge in [-0.1, -0.05) is 19.1 Å². The molecule has 0 atom stereocenters. The summed E-state index contributed by atoms with van der Waals surface area (Å²) in [5, 5.41) is 0. The van der Waals surface area contributed by atoms with Gasteiger partial charge in [-0.3, -0.25) is 0 Å². The van der Waals surface area contributed by atoms with E-state index in [1.807, 2.05) is 0 Å². The first kappa shape index (κ1) is 10.3. The second-order valence-corrected chi connectivity index (χ2v) is 3.49. The van der Waals surface area contributed by atoms with Gasteiger partial charge in [0.1, 0.15) is 0 Å². The standard InChI is InChI=1S/C12H18O/c1-5-11-6-10(3)12(8-13-4)7-9(11)2/h6-7H,5,8H2,1-4H3. The minimum Gasteiger partial charge on any atom is -0.380 e. The summed E-state index contributed by atoms with van der Waals surface area (Å²) in [7, 11) is 1.74. The zero-order valence-electron chi connectivity index (χ0n) is 8.98. The molecule has 13 heavy (non-hydrogen) atoms. The summed E-state index contributed by atoms with van der Waals surface area (Å²) in [5.74, 6) is 0. The van der Waals surface area contributed by atoms with E-state index in [4.69, 9.17) is 4.74 Å². The van der Waals surface area contributed by atoms with Crippen LogP contribution in [0.3, 0.4) is 0 Å². The van der Waals surface area contributed by atoms with Gasteiger partial charge in [0.15, 0.2) is 0 Å². The van der Waals surface area contributed by atoms with Crippen LogP contribution in [0.2, 0.25) is 0 Å². The summed E-state index contributed by atoms with van der Waals surface area (Å²) in [6.45, 7) is 7.22. The summed E-state index contributed by atoms with van der Waals surface area (Å²) < 4.78 is 5.14. The van der Waals surface area contributed by atoms with E-state index < -0.39 is 0 Å². The summed E-state index contributed by atoms with van der Waals surface area (Å²) >= 11 is 0. The zero-order chi connectivity index (χ0) is 9.84. The first-order chi connectivity index (χ1) is 6.19. The van der Waals surface area contributed by atoms with Crippen molar-refractivity contribution in [3.63, 3.8) is 0 Å². The number of methoxy groups -OCH3 is 1. The maximum Gasteiger partial charge on any atom is 0.0715 e. The first-order valence-corrected chi connectivity index (χ1v) is 4.77. The molecule has 0 amide bonds. The molecule has 1 heteroatoms. The molecule has 0 aliphatic carbocycles. The molecule has 0 N–H and O–H groups in total. The zero-order valence-corrected chi connectivity index (χ0v) is 8.98. The Bertz CT molecular complexity index is 289. The third kappa shape index (κ3) is 2.31. The molecule has 1 aromatic carbocycles. The Hall–Kier alpha value is -0.820. The highest BCUT2D eigenvalue weighted by Gasteiger charge is 2.02. The first-order valence-electron chi connectivity index (χ1n) is 4.77. The fraction of sp³-hybridized carbons (Fsp3) is 0.500. The van der Waals surface area contributed by atoms with Crippen molar-refractivity contribution < 1.29 is 4.74 Å². The quantitative estimate of drug-likeness (QED) is 0.691. The molecule has 0 aromatic heterocycles. The number of hydrogen-bond acceptors (Lipinski definition) is 1. The molecule has 0 spiro atoms. The summed E-state index contributed by atoms with van der Waals surface area (Å²) in [5.41, 5.74) is 5.46. The molecule has 72 valence electrons. The monoisotopic (exact) mass is 178 g/mol. The lowest BCUT2D eigenvalue weighted by molar-refractivity contribution is 0.184. The SMILES string of the molecule is CCc1cc(C)c(COC)cc1C. The van der Waals surface area contributed by atoms with Crippen molar-refractivity contribution in [1.82, 2.24) is 0 Å². The molecule has 0 aliphatic rings. The summed E-state index contributed by atoms with van der Waals surface area (Å²) in [4.78, 5) is 0. The molecule has 0 saturated carbocycles. The molecule has 1 rings (SSSR count). The lowest BCUT2D eigenvalue weighted by atomic mass is 9.99. The second kappa shape index (κ2) is 4.43. The van der Waals surface area contributed by atoms with Gasteiger partial charge in [-0.25, -0.2) is 0 Å². The highest BCUT2D eigenvalue weighted by Crippen LogP contribution is 2.17.